The van der Waals surface area contributed by atoms with Crippen molar-refractivity contribution in [2.24, 2.45) is 5.41 Å². The lowest BCUT2D eigenvalue weighted by Gasteiger charge is -2.54. The van der Waals surface area contributed by atoms with Crippen molar-refractivity contribution in [1.82, 2.24) is 4.90 Å². The zero-order valence-corrected chi connectivity index (χ0v) is 11.1. The molecule has 0 saturated carbocycles. The second-order valence-corrected chi connectivity index (χ2v) is 5.86. The Morgan fingerprint density at radius 2 is 1.78 bits per heavy atom. The van der Waals surface area contributed by atoms with Gasteiger partial charge in [0.15, 0.2) is 0 Å². The van der Waals surface area contributed by atoms with Crippen LogP contribution in [0.2, 0.25) is 0 Å². The van der Waals surface area contributed by atoms with Crippen molar-refractivity contribution < 1.29 is 4.74 Å². The number of benzene rings is 1. The van der Waals surface area contributed by atoms with Gasteiger partial charge >= 0.3 is 0 Å². The second kappa shape index (κ2) is 4.56. The van der Waals surface area contributed by atoms with E-state index in [0.717, 1.165) is 18.9 Å². The second-order valence-electron chi connectivity index (χ2n) is 5.86. The summed E-state index contributed by atoms with van der Waals surface area (Å²) in [6.45, 7) is 6.63. The maximum atomic E-state index is 5.73. The molecule has 0 amide bonds. The predicted octanol–water partition coefficient (Wildman–Crippen LogP) is 2.44. The molecule has 0 bridgehead atoms. The smallest absolute Gasteiger partial charge is 0.0472 e. The van der Waals surface area contributed by atoms with E-state index in [9.17, 15) is 0 Å². The Balaban J connectivity index is 1.62. The monoisotopic (exact) mass is 246 g/mol. The Hall–Kier alpha value is -1.06. The van der Waals surface area contributed by atoms with E-state index in [-0.39, 0.29) is 0 Å². The summed E-state index contributed by atoms with van der Waals surface area (Å²) in [5.74, 6) is 0. The standard InChI is InChI=1S/C15H22N2O/c1-12(13-2-4-14(16)5-3-13)17-10-15(11-17)6-8-18-9-7-15/h2-5,12H,6-11,16H2,1H3. The summed E-state index contributed by atoms with van der Waals surface area (Å²) < 4.78 is 5.46. The molecule has 3 rings (SSSR count). The molecule has 18 heavy (non-hydrogen) atoms. The first kappa shape index (κ1) is 12.0. The van der Waals surface area contributed by atoms with E-state index >= 15 is 0 Å². The van der Waals surface area contributed by atoms with Gasteiger partial charge in [-0.15, -0.1) is 0 Å². The van der Waals surface area contributed by atoms with Crippen LogP contribution in [0.25, 0.3) is 0 Å². The molecular weight excluding hydrogens is 224 g/mol. The van der Waals surface area contributed by atoms with E-state index in [2.05, 4.69) is 24.0 Å². The van der Waals surface area contributed by atoms with Crippen molar-refractivity contribution in [2.45, 2.75) is 25.8 Å². The van der Waals surface area contributed by atoms with Gasteiger partial charge < -0.3 is 10.5 Å². The Bertz CT molecular complexity index is 401. The van der Waals surface area contributed by atoms with Crippen LogP contribution in [0.1, 0.15) is 31.4 Å². The lowest BCUT2D eigenvalue weighted by Crippen LogP contribution is -2.58. The molecule has 1 spiro atoms. The number of rotatable bonds is 2. The Morgan fingerprint density at radius 1 is 1.17 bits per heavy atom. The fourth-order valence-electron chi connectivity index (χ4n) is 3.20. The molecule has 3 nitrogen and oxygen atoms in total. The van der Waals surface area contributed by atoms with Crippen LogP contribution in [0.15, 0.2) is 24.3 Å². The first-order valence-corrected chi connectivity index (χ1v) is 6.86. The molecule has 2 aliphatic rings. The first-order chi connectivity index (χ1) is 8.69. The molecule has 1 atom stereocenters. The Kier molecular flexibility index (Phi) is 3.04. The van der Waals surface area contributed by atoms with E-state index in [4.69, 9.17) is 10.5 Å². The van der Waals surface area contributed by atoms with Crippen LogP contribution in [0, 0.1) is 5.41 Å². The highest BCUT2D eigenvalue weighted by Crippen LogP contribution is 2.43. The molecule has 0 aliphatic carbocycles. The lowest BCUT2D eigenvalue weighted by molar-refractivity contribution is -0.0953. The van der Waals surface area contributed by atoms with Crippen LogP contribution in [-0.2, 0) is 4.74 Å². The van der Waals surface area contributed by atoms with Crippen molar-refractivity contribution in [2.75, 3.05) is 32.0 Å². The maximum Gasteiger partial charge on any atom is 0.0472 e. The van der Waals surface area contributed by atoms with E-state index in [1.54, 1.807) is 0 Å². The van der Waals surface area contributed by atoms with E-state index in [1.165, 1.54) is 31.5 Å². The van der Waals surface area contributed by atoms with Crippen molar-refractivity contribution in [3.05, 3.63) is 29.8 Å². The Labute approximate surface area is 109 Å². The van der Waals surface area contributed by atoms with Crippen LogP contribution in [0.4, 0.5) is 5.69 Å². The van der Waals surface area contributed by atoms with Gasteiger partial charge in [-0.1, -0.05) is 12.1 Å². The van der Waals surface area contributed by atoms with Crippen LogP contribution in [-0.4, -0.2) is 31.2 Å². The normalized spacial score (nSPS) is 24.7. The van der Waals surface area contributed by atoms with Crippen LogP contribution in [0.3, 0.4) is 0 Å². The summed E-state index contributed by atoms with van der Waals surface area (Å²) in [7, 11) is 0. The van der Waals surface area contributed by atoms with Gasteiger partial charge in [-0.2, -0.15) is 0 Å². The largest absolute Gasteiger partial charge is 0.399 e. The molecule has 1 aromatic carbocycles. The topological polar surface area (TPSA) is 38.5 Å². The fraction of sp³-hybridized carbons (Fsp3) is 0.600. The van der Waals surface area contributed by atoms with E-state index in [1.807, 2.05) is 12.1 Å². The zero-order valence-electron chi connectivity index (χ0n) is 11.1. The molecule has 2 aliphatic heterocycles. The van der Waals surface area contributed by atoms with Gasteiger partial charge in [-0.3, -0.25) is 4.90 Å². The molecule has 2 saturated heterocycles. The van der Waals surface area contributed by atoms with Crippen LogP contribution in [0.5, 0.6) is 0 Å². The zero-order chi connectivity index (χ0) is 12.6. The SMILES string of the molecule is CC(c1ccc(N)cc1)N1CC2(CCOCC2)C1. The van der Waals surface area contributed by atoms with Gasteiger partial charge in [0, 0.05) is 43.4 Å². The molecular formula is C15H22N2O. The first-order valence-electron chi connectivity index (χ1n) is 6.86. The molecule has 2 N–H and O–H groups in total. The number of nitrogen functional groups attached to an aromatic ring is 1. The number of hydrogen-bond acceptors (Lipinski definition) is 3. The third kappa shape index (κ3) is 2.13. The van der Waals surface area contributed by atoms with Gasteiger partial charge in [0.25, 0.3) is 0 Å². The average Bonchev–Trinajstić information content (AvgIpc) is 2.37. The molecule has 2 fully saturated rings. The van der Waals surface area contributed by atoms with Gasteiger partial charge in [-0.05, 0) is 37.5 Å². The summed E-state index contributed by atoms with van der Waals surface area (Å²) >= 11 is 0. The number of likely N-dealkylation sites (tertiary alicyclic amines) is 1. The van der Waals surface area contributed by atoms with Crippen molar-refractivity contribution in [3.8, 4) is 0 Å². The summed E-state index contributed by atoms with van der Waals surface area (Å²) in [5, 5.41) is 0. The summed E-state index contributed by atoms with van der Waals surface area (Å²) in [4.78, 5) is 2.57. The number of ether oxygens (including phenoxy) is 1. The maximum absolute atomic E-state index is 5.73. The van der Waals surface area contributed by atoms with Crippen molar-refractivity contribution >= 4 is 5.69 Å². The predicted molar refractivity (Wildman–Crippen MR) is 73.3 cm³/mol. The molecule has 3 heteroatoms. The number of anilines is 1. The van der Waals surface area contributed by atoms with Crippen molar-refractivity contribution in [3.63, 3.8) is 0 Å². The summed E-state index contributed by atoms with van der Waals surface area (Å²) in [6.07, 6.45) is 2.47. The van der Waals surface area contributed by atoms with E-state index in [0.29, 0.717) is 11.5 Å². The molecule has 1 aromatic rings. The number of nitrogens with two attached hydrogens (primary N) is 1. The molecule has 0 aromatic heterocycles. The van der Waals surface area contributed by atoms with Gasteiger partial charge in [0.2, 0.25) is 0 Å². The quantitative estimate of drug-likeness (QED) is 0.815. The molecule has 2 heterocycles. The minimum atomic E-state index is 0.499. The minimum Gasteiger partial charge on any atom is -0.399 e. The van der Waals surface area contributed by atoms with Gasteiger partial charge in [0.05, 0.1) is 0 Å². The molecule has 98 valence electrons. The highest BCUT2D eigenvalue weighted by atomic mass is 16.5. The molecule has 1 unspecified atom stereocenters. The highest BCUT2D eigenvalue weighted by molar-refractivity contribution is 5.40. The third-order valence-electron chi connectivity index (χ3n) is 4.60. The number of hydrogen-bond donors (Lipinski definition) is 1. The summed E-state index contributed by atoms with van der Waals surface area (Å²) in [5.41, 5.74) is 8.50. The summed E-state index contributed by atoms with van der Waals surface area (Å²) in [6, 6.07) is 8.79. The molecule has 0 radical (unpaired) electrons. The van der Waals surface area contributed by atoms with Crippen LogP contribution < -0.4 is 5.73 Å². The minimum absolute atomic E-state index is 0.499. The highest BCUT2D eigenvalue weighted by Gasteiger charge is 2.45. The van der Waals surface area contributed by atoms with Gasteiger partial charge in [0.1, 0.15) is 0 Å². The van der Waals surface area contributed by atoms with E-state index < -0.39 is 0 Å². The van der Waals surface area contributed by atoms with Gasteiger partial charge in [-0.25, -0.2) is 0 Å². The van der Waals surface area contributed by atoms with Crippen LogP contribution >= 0.6 is 0 Å². The third-order valence-corrected chi connectivity index (χ3v) is 4.60. The van der Waals surface area contributed by atoms with Crippen molar-refractivity contribution in [1.29, 1.82) is 0 Å². The Morgan fingerprint density at radius 3 is 2.39 bits per heavy atom. The average molecular weight is 246 g/mol. The lowest BCUT2D eigenvalue weighted by atomic mass is 9.72. The number of nitrogens with zero attached hydrogens (tertiary/aromatic N) is 1. The fourth-order valence-corrected chi connectivity index (χ4v) is 3.20.